The van der Waals surface area contributed by atoms with Crippen molar-refractivity contribution in [2.45, 2.75) is 56.7 Å². The van der Waals surface area contributed by atoms with Crippen LogP contribution in [0, 0.1) is 6.92 Å². The highest BCUT2D eigenvalue weighted by atomic mass is 32.2. The monoisotopic (exact) mass is 482 g/mol. The number of carbonyl (C=O) groups is 2. The highest BCUT2D eigenvalue weighted by molar-refractivity contribution is 7.93. The Kier molecular flexibility index (Phi) is 5.28. The average Bonchev–Trinajstić information content (AvgIpc) is 3.25. The number of benzene rings is 1. The van der Waals surface area contributed by atoms with Crippen molar-refractivity contribution < 1.29 is 32.1 Å². The molecule has 0 bridgehead atoms. The summed E-state index contributed by atoms with van der Waals surface area (Å²) >= 11 is 0. The van der Waals surface area contributed by atoms with Crippen molar-refractivity contribution in [1.82, 2.24) is 9.71 Å². The zero-order valence-electron chi connectivity index (χ0n) is 18.0. The van der Waals surface area contributed by atoms with Crippen LogP contribution >= 0.6 is 0 Å². The van der Waals surface area contributed by atoms with Crippen molar-refractivity contribution >= 4 is 27.5 Å². The molecule has 2 aromatic rings. The number of rotatable bonds is 2. The van der Waals surface area contributed by atoms with Gasteiger partial charge in [0.25, 0.3) is 5.91 Å². The fraction of sp³-hybridized carbons (Fsp3) is 0.381. The third kappa shape index (κ3) is 4.08. The molecule has 1 aliphatic carbocycles. The number of anilines is 1. The molecule has 1 atom stereocenters. The van der Waals surface area contributed by atoms with Gasteiger partial charge in [0.15, 0.2) is 9.92 Å². The van der Waals surface area contributed by atoms with Gasteiger partial charge in [0.1, 0.15) is 5.69 Å². The number of pyridine rings is 1. The van der Waals surface area contributed by atoms with E-state index < -0.39 is 39.3 Å². The Bertz CT molecular complexity index is 1320. The normalized spacial score (nSPS) is 19.7. The zero-order chi connectivity index (χ0) is 24.3. The van der Waals surface area contributed by atoms with Gasteiger partial charge in [-0.2, -0.15) is 13.2 Å². The number of urea groups is 1. The Morgan fingerprint density at radius 2 is 1.97 bits per heavy atom. The molecule has 12 heteroatoms. The minimum atomic E-state index is -4.71. The molecule has 0 spiro atoms. The van der Waals surface area contributed by atoms with Gasteiger partial charge in [-0.25, -0.2) is 14.0 Å². The van der Waals surface area contributed by atoms with Crippen LogP contribution in [0.15, 0.2) is 27.5 Å². The molecule has 4 rings (SSSR count). The first kappa shape index (κ1) is 23.2. The molecular formula is C21H21F3N4O4S. The summed E-state index contributed by atoms with van der Waals surface area (Å²) in [6.07, 6.45) is -3.35. The van der Waals surface area contributed by atoms with Crippen molar-refractivity contribution in [3.05, 3.63) is 51.8 Å². The van der Waals surface area contributed by atoms with E-state index in [1.54, 1.807) is 0 Å². The van der Waals surface area contributed by atoms with E-state index >= 15 is 0 Å². The summed E-state index contributed by atoms with van der Waals surface area (Å²) in [5.41, 5.74) is -1.62. The summed E-state index contributed by atoms with van der Waals surface area (Å²) in [5, 5.41) is 12.6. The summed E-state index contributed by atoms with van der Waals surface area (Å²) < 4.78 is 59.6. The van der Waals surface area contributed by atoms with E-state index in [-0.39, 0.29) is 27.4 Å². The van der Waals surface area contributed by atoms with Crippen LogP contribution in [0.1, 0.15) is 58.7 Å². The molecular weight excluding hydrogens is 461 g/mol. The maximum absolute atomic E-state index is 13.5. The minimum Gasteiger partial charge on any atom is -0.386 e. The van der Waals surface area contributed by atoms with Gasteiger partial charge < -0.3 is 10.4 Å². The van der Waals surface area contributed by atoms with Crippen LogP contribution in [0.2, 0.25) is 0 Å². The predicted molar refractivity (Wildman–Crippen MR) is 113 cm³/mol. The van der Waals surface area contributed by atoms with E-state index in [9.17, 15) is 32.1 Å². The topological polar surface area (TPSA) is 121 Å². The second-order valence-corrected chi connectivity index (χ2v) is 10.4. The SMILES string of the molecule is Cc1c(C(F)(F)F)nc2c(c1NC(=O)N=S1(=O)NC(=O)c3ccc(C(C)(C)O)cc31)CCC2. The summed E-state index contributed by atoms with van der Waals surface area (Å²) in [7, 11) is -3.77. The quantitative estimate of drug-likeness (QED) is 0.601. The molecule has 176 valence electrons. The van der Waals surface area contributed by atoms with Crippen LogP contribution in [0.25, 0.3) is 0 Å². The van der Waals surface area contributed by atoms with Gasteiger partial charge in [-0.15, -0.1) is 4.36 Å². The Morgan fingerprint density at radius 1 is 1.27 bits per heavy atom. The average molecular weight is 482 g/mol. The Labute approximate surface area is 187 Å². The highest BCUT2D eigenvalue weighted by Crippen LogP contribution is 2.39. The molecule has 2 aliphatic rings. The molecule has 8 nitrogen and oxygen atoms in total. The van der Waals surface area contributed by atoms with Crippen molar-refractivity contribution in [2.75, 3.05) is 5.32 Å². The number of aromatic nitrogens is 1. The van der Waals surface area contributed by atoms with E-state index in [4.69, 9.17) is 0 Å². The molecule has 1 aromatic carbocycles. The van der Waals surface area contributed by atoms with Crippen molar-refractivity contribution in [3.8, 4) is 0 Å². The summed E-state index contributed by atoms with van der Waals surface area (Å²) in [5.74, 6) is -0.714. The maximum atomic E-state index is 13.5. The van der Waals surface area contributed by atoms with E-state index in [0.29, 0.717) is 30.4 Å². The highest BCUT2D eigenvalue weighted by Gasteiger charge is 2.38. The third-order valence-corrected chi connectivity index (χ3v) is 7.46. The molecule has 0 fully saturated rings. The van der Waals surface area contributed by atoms with Gasteiger partial charge >= 0.3 is 12.2 Å². The van der Waals surface area contributed by atoms with Gasteiger partial charge in [0, 0.05) is 11.3 Å². The molecule has 1 aliphatic heterocycles. The Balaban J connectivity index is 1.77. The second-order valence-electron chi connectivity index (χ2n) is 8.49. The Hall–Kier alpha value is -2.99. The van der Waals surface area contributed by atoms with E-state index in [0.717, 1.165) is 0 Å². The number of fused-ring (bicyclic) bond motifs is 2. The lowest BCUT2D eigenvalue weighted by Gasteiger charge is -2.18. The molecule has 3 N–H and O–H groups in total. The number of aliphatic hydroxyl groups is 1. The van der Waals surface area contributed by atoms with Gasteiger partial charge in [0.2, 0.25) is 0 Å². The van der Waals surface area contributed by atoms with Crippen LogP contribution in [0.5, 0.6) is 0 Å². The van der Waals surface area contributed by atoms with Crippen LogP contribution in [0.3, 0.4) is 0 Å². The predicted octanol–water partition coefficient (Wildman–Crippen LogP) is 3.84. The lowest BCUT2D eigenvalue weighted by atomic mass is 9.97. The smallest absolute Gasteiger partial charge is 0.386 e. The first-order valence-electron chi connectivity index (χ1n) is 10.1. The maximum Gasteiger partial charge on any atom is 0.433 e. The summed E-state index contributed by atoms with van der Waals surface area (Å²) in [6, 6.07) is 3.02. The molecule has 0 saturated heterocycles. The van der Waals surface area contributed by atoms with E-state index in [2.05, 4.69) is 19.4 Å². The largest absolute Gasteiger partial charge is 0.433 e. The molecule has 1 unspecified atom stereocenters. The lowest BCUT2D eigenvalue weighted by Crippen LogP contribution is -2.24. The molecule has 1 aromatic heterocycles. The minimum absolute atomic E-state index is 0.0323. The van der Waals surface area contributed by atoms with Gasteiger partial charge in [-0.3, -0.25) is 9.52 Å². The van der Waals surface area contributed by atoms with Crippen molar-refractivity contribution in [1.29, 1.82) is 0 Å². The number of amides is 3. The molecule has 0 radical (unpaired) electrons. The number of alkyl halides is 3. The van der Waals surface area contributed by atoms with Gasteiger partial charge in [-0.05, 0) is 63.3 Å². The van der Waals surface area contributed by atoms with Gasteiger partial charge in [-0.1, -0.05) is 6.07 Å². The molecule has 3 amide bonds. The number of nitrogens with zero attached hydrogens (tertiary/aromatic N) is 2. The van der Waals surface area contributed by atoms with Crippen molar-refractivity contribution in [3.63, 3.8) is 0 Å². The Morgan fingerprint density at radius 3 is 2.61 bits per heavy atom. The second kappa shape index (κ2) is 7.52. The number of nitrogens with one attached hydrogen (secondary N) is 2. The molecule has 0 saturated carbocycles. The molecule has 2 heterocycles. The van der Waals surface area contributed by atoms with E-state index in [1.165, 1.54) is 39.0 Å². The van der Waals surface area contributed by atoms with Crippen LogP contribution in [-0.4, -0.2) is 26.2 Å². The number of carbonyl (C=O) groups excluding carboxylic acids is 2. The zero-order valence-corrected chi connectivity index (χ0v) is 18.8. The number of hydrogen-bond donors (Lipinski definition) is 3. The molecule has 33 heavy (non-hydrogen) atoms. The first-order chi connectivity index (χ1) is 15.2. The van der Waals surface area contributed by atoms with Crippen LogP contribution < -0.4 is 10.0 Å². The number of aryl methyl sites for hydroxylation is 1. The standard InChI is InChI=1S/C21H21F3N4O4S/c1-10-16(12-5-4-6-14(12)25-17(10)21(22,23)24)26-19(30)28-33(32)15-9-11(20(2,3)31)7-8-13(15)18(29)27-33/h7-9,31H,4-6H2,1-3H3,(H2,25,26,27,28,29,30,32). The van der Waals surface area contributed by atoms with Crippen LogP contribution in [-0.2, 0) is 34.5 Å². The third-order valence-electron chi connectivity index (χ3n) is 5.64. The van der Waals surface area contributed by atoms with Crippen molar-refractivity contribution in [2.24, 2.45) is 4.36 Å². The number of halogens is 3. The van der Waals surface area contributed by atoms with Crippen LogP contribution in [0.4, 0.5) is 23.7 Å². The fourth-order valence-corrected chi connectivity index (χ4v) is 5.64. The summed E-state index contributed by atoms with van der Waals surface area (Å²) in [6.45, 7) is 4.19. The summed E-state index contributed by atoms with van der Waals surface area (Å²) in [4.78, 5) is 28.7. The van der Waals surface area contributed by atoms with E-state index in [1.807, 2.05) is 0 Å². The number of hydrogen-bond acceptors (Lipinski definition) is 5. The van der Waals surface area contributed by atoms with Gasteiger partial charge in [0.05, 0.1) is 21.7 Å². The first-order valence-corrected chi connectivity index (χ1v) is 11.6. The fourth-order valence-electron chi connectivity index (χ4n) is 4.00. The lowest BCUT2D eigenvalue weighted by molar-refractivity contribution is -0.141.